The van der Waals surface area contributed by atoms with Gasteiger partial charge in [-0.25, -0.2) is 0 Å². The van der Waals surface area contributed by atoms with E-state index in [2.05, 4.69) is 0 Å². The molecule has 0 aliphatic carbocycles. The zero-order valence-corrected chi connectivity index (χ0v) is 7.91. The van der Waals surface area contributed by atoms with Gasteiger partial charge in [0.2, 0.25) is 0 Å². The van der Waals surface area contributed by atoms with E-state index < -0.39 is 19.1 Å². The molecule has 0 N–H and O–H groups in total. The summed E-state index contributed by atoms with van der Waals surface area (Å²) in [6, 6.07) is 0. The molecular weight excluding hydrogens is 144 g/mol. The summed E-state index contributed by atoms with van der Waals surface area (Å²) >= 11 is -2.00. The Balaban J connectivity index is -0.00000000133. The van der Waals surface area contributed by atoms with Crippen LogP contribution in [0.3, 0.4) is 0 Å². The predicted octanol–water partition coefficient (Wildman–Crippen LogP) is -0.552. The minimum atomic E-state index is -2.00. The fraction of sp³-hybridized carbons (Fsp3) is 0. The van der Waals surface area contributed by atoms with Crippen molar-refractivity contribution in [2.75, 3.05) is 0 Å². The second-order valence-corrected chi connectivity index (χ2v) is 0.344. The molecule has 0 saturated carbocycles. The van der Waals surface area contributed by atoms with Crippen LogP contribution in [-0.4, -0.2) is 60.8 Å². The summed E-state index contributed by atoms with van der Waals surface area (Å²) in [5.74, 6) is 0. The fourth-order valence-corrected chi connectivity index (χ4v) is 0. The molecule has 0 spiro atoms. The van der Waals surface area contributed by atoms with Crippen LogP contribution in [-0.2, 0) is 25.7 Å². The Bertz CT molecular complexity index is 39.5. The number of hydrogen-bond donors (Lipinski definition) is 0. The molecule has 0 saturated heterocycles. The topological polar surface area (TPSA) is 34.1 Å². The van der Waals surface area contributed by atoms with Gasteiger partial charge in [0.1, 0.15) is 0 Å². The molecule has 24 valence electrons. The molecular formula is H4CaMgO2Ti. The average Bonchev–Trinajstić information content (AvgIpc) is 0.918. The molecule has 0 aliphatic rings. The summed E-state index contributed by atoms with van der Waals surface area (Å²) < 4.78 is 17.0. The Morgan fingerprint density at radius 2 is 1.40 bits per heavy atom. The molecule has 0 rings (SSSR count). The van der Waals surface area contributed by atoms with Gasteiger partial charge in [-0.3, -0.25) is 0 Å². The van der Waals surface area contributed by atoms with Crippen molar-refractivity contribution < 1.29 is 31.4 Å². The Morgan fingerprint density at radius 1 is 1.40 bits per heavy atom. The van der Waals surface area contributed by atoms with Crippen molar-refractivity contribution in [1.29, 1.82) is 0 Å². The van der Waals surface area contributed by atoms with Crippen LogP contribution in [0.4, 0.5) is 0 Å². The first kappa shape index (κ1) is 15.7. The quantitative estimate of drug-likeness (QED) is 0.432. The van der Waals surface area contributed by atoms with Crippen molar-refractivity contribution in [2.45, 2.75) is 0 Å². The fourth-order valence-electron chi connectivity index (χ4n) is 0. The molecule has 2 nitrogen and oxygen atoms in total. The van der Waals surface area contributed by atoms with E-state index in [1.807, 2.05) is 0 Å². The molecule has 0 aromatic carbocycles. The van der Waals surface area contributed by atoms with E-state index in [1.165, 1.54) is 0 Å². The number of hydrogen-bond acceptors (Lipinski definition) is 2. The Morgan fingerprint density at radius 3 is 1.40 bits per heavy atom. The molecule has 5 heavy (non-hydrogen) atoms. The zero-order chi connectivity index (χ0) is 2.71. The second-order valence-electron chi connectivity index (χ2n) is 0.0833. The summed E-state index contributed by atoms with van der Waals surface area (Å²) in [5, 5.41) is 0. The molecule has 0 unspecified atom stereocenters. The van der Waals surface area contributed by atoms with Gasteiger partial charge in [-0.15, -0.1) is 0 Å². The first-order valence-electron chi connectivity index (χ1n) is 0.408. The van der Waals surface area contributed by atoms with Crippen molar-refractivity contribution in [1.82, 2.24) is 0 Å². The molecule has 0 aromatic rings. The summed E-state index contributed by atoms with van der Waals surface area (Å²) in [5.41, 5.74) is 0. The van der Waals surface area contributed by atoms with Gasteiger partial charge in [0, 0.05) is 0 Å². The van der Waals surface area contributed by atoms with Crippen LogP contribution in [0, 0.1) is 0 Å². The summed E-state index contributed by atoms with van der Waals surface area (Å²) in [6.45, 7) is 0. The summed E-state index contributed by atoms with van der Waals surface area (Å²) in [6.07, 6.45) is 0. The van der Waals surface area contributed by atoms with Crippen LogP contribution in [0.5, 0.6) is 0 Å². The third-order valence-corrected chi connectivity index (χ3v) is 0. The van der Waals surface area contributed by atoms with Crippen LogP contribution in [0.2, 0.25) is 0 Å². The van der Waals surface area contributed by atoms with E-state index in [0.29, 0.717) is 0 Å². The molecule has 5 heteroatoms. The molecule has 0 heterocycles. The second kappa shape index (κ2) is 16.2. The van der Waals surface area contributed by atoms with Gasteiger partial charge in [-0.2, -0.15) is 0 Å². The van der Waals surface area contributed by atoms with Crippen molar-refractivity contribution in [3.8, 4) is 0 Å². The monoisotopic (exact) mass is 148 g/mol. The zero-order valence-electron chi connectivity index (χ0n) is 6.73. The van der Waals surface area contributed by atoms with Crippen LogP contribution in [0.1, 0.15) is 5.71 Å². The van der Waals surface area contributed by atoms with Gasteiger partial charge in [0.15, 0.2) is 0 Å². The molecule has 0 atom stereocenters. The van der Waals surface area contributed by atoms with E-state index in [9.17, 15) is 0 Å². The van der Waals surface area contributed by atoms with E-state index >= 15 is 0 Å². The van der Waals surface area contributed by atoms with E-state index in [0.717, 1.165) is 0 Å². The summed E-state index contributed by atoms with van der Waals surface area (Å²) in [7, 11) is 0. The molecule has 0 bridgehead atoms. The normalized spacial score (nSPS) is 1.60. The predicted molar refractivity (Wildman–Crippen MR) is 17.3 cm³/mol. The minimum absolute atomic E-state index is 0. The Kier molecular flexibility index (Phi) is 50.8. The average molecular weight is 148 g/mol. The van der Waals surface area contributed by atoms with Crippen molar-refractivity contribution in [2.24, 2.45) is 0 Å². The third-order valence-electron chi connectivity index (χ3n) is 0. The van der Waals surface area contributed by atoms with Crippen LogP contribution < -0.4 is 0 Å². The van der Waals surface area contributed by atoms with Gasteiger partial charge in [-0.1, -0.05) is 0 Å². The van der Waals surface area contributed by atoms with E-state index in [-0.39, 0.29) is 66.5 Å². The van der Waals surface area contributed by atoms with Gasteiger partial charge in [0.25, 0.3) is 0 Å². The Hall–Kier alpha value is 2.34. The first-order valence-corrected chi connectivity index (χ1v) is 1.68. The van der Waals surface area contributed by atoms with Crippen LogP contribution in [0.25, 0.3) is 0 Å². The molecule has 0 aromatic heterocycles. The maximum absolute atomic E-state index is 8.50. The Labute approximate surface area is 90.7 Å². The third kappa shape index (κ3) is 21.8. The van der Waals surface area contributed by atoms with Crippen molar-refractivity contribution in [3.05, 3.63) is 0 Å². The SMILES string of the molecule is [Ca+2].[H-].[H-].[H-].[H-].[Mg+2].[O]=[Ti]=[O]. The van der Waals surface area contributed by atoms with Crippen LogP contribution in [0.15, 0.2) is 0 Å². The maximum atomic E-state index is 8.50. The standard InChI is InChI=1S/Ca.Mg.2O.Ti.4H/q2*+2;;;;4*-1. The van der Waals surface area contributed by atoms with Crippen molar-refractivity contribution in [3.63, 3.8) is 0 Å². The molecule has 0 radical (unpaired) electrons. The van der Waals surface area contributed by atoms with Gasteiger partial charge in [-0.05, 0) is 0 Å². The molecule has 0 aliphatic heterocycles. The molecule has 0 amide bonds. The van der Waals surface area contributed by atoms with Gasteiger partial charge in [0.05, 0.1) is 0 Å². The van der Waals surface area contributed by atoms with Gasteiger partial charge < -0.3 is 5.71 Å². The van der Waals surface area contributed by atoms with E-state index in [1.54, 1.807) is 0 Å². The van der Waals surface area contributed by atoms with Crippen molar-refractivity contribution >= 4 is 60.8 Å². The van der Waals surface area contributed by atoms with E-state index in [4.69, 9.17) is 6.65 Å². The number of rotatable bonds is 0. The first-order chi connectivity index (χ1) is 1.41. The van der Waals surface area contributed by atoms with Crippen LogP contribution >= 0.6 is 0 Å². The summed E-state index contributed by atoms with van der Waals surface area (Å²) in [4.78, 5) is 0. The molecule has 0 fully saturated rings. The van der Waals surface area contributed by atoms with Gasteiger partial charge >= 0.3 is 86.5 Å².